The average molecular weight is 276 g/mol. The van der Waals surface area contributed by atoms with Crippen LogP contribution in [-0.4, -0.2) is 36.1 Å². The fourth-order valence-corrected chi connectivity index (χ4v) is 5.25. The maximum atomic E-state index is 4.02. The van der Waals surface area contributed by atoms with Crippen LogP contribution in [0.25, 0.3) is 0 Å². The van der Waals surface area contributed by atoms with Gasteiger partial charge in [0.15, 0.2) is 0 Å². The van der Waals surface area contributed by atoms with E-state index in [4.69, 9.17) is 0 Å². The zero-order valence-electron chi connectivity index (χ0n) is 13.1. The summed E-state index contributed by atoms with van der Waals surface area (Å²) in [5.74, 6) is 2.06. The molecule has 3 saturated carbocycles. The molecular formula is C18H32N2. The third-order valence-corrected chi connectivity index (χ3v) is 6.61. The number of nitrogens with zero attached hydrogens (tertiary/aromatic N) is 1. The normalized spacial score (nSPS) is 35.7. The van der Waals surface area contributed by atoms with Gasteiger partial charge < -0.3 is 5.32 Å². The summed E-state index contributed by atoms with van der Waals surface area (Å²) in [6.07, 6.45) is 16.3. The van der Waals surface area contributed by atoms with E-state index in [2.05, 4.69) is 10.2 Å². The maximum Gasteiger partial charge on any atom is 0.0309 e. The second-order valence-electron chi connectivity index (χ2n) is 8.21. The molecule has 0 amide bonds. The van der Waals surface area contributed by atoms with Gasteiger partial charge in [-0.15, -0.1) is 0 Å². The molecule has 0 radical (unpaired) electrons. The zero-order valence-corrected chi connectivity index (χ0v) is 13.1. The summed E-state index contributed by atoms with van der Waals surface area (Å²) in [4.78, 5) is 2.95. The molecule has 1 aliphatic heterocycles. The number of hydrogen-bond donors (Lipinski definition) is 1. The summed E-state index contributed by atoms with van der Waals surface area (Å²) in [5, 5.41) is 4.02. The van der Waals surface area contributed by atoms with Gasteiger partial charge in [0, 0.05) is 31.2 Å². The molecule has 2 nitrogen and oxygen atoms in total. The van der Waals surface area contributed by atoms with Gasteiger partial charge >= 0.3 is 0 Å². The van der Waals surface area contributed by atoms with Crippen molar-refractivity contribution in [2.45, 2.75) is 82.2 Å². The smallest absolute Gasteiger partial charge is 0.0309 e. The van der Waals surface area contributed by atoms with Crippen LogP contribution in [0.3, 0.4) is 0 Å². The first-order valence-electron chi connectivity index (χ1n) is 9.34. The van der Waals surface area contributed by atoms with Crippen molar-refractivity contribution >= 4 is 0 Å². The zero-order chi connectivity index (χ0) is 13.4. The number of rotatable bonds is 3. The monoisotopic (exact) mass is 276 g/mol. The summed E-state index contributed by atoms with van der Waals surface area (Å²) in [6, 6.07) is 0.878. The summed E-state index contributed by atoms with van der Waals surface area (Å²) in [6.45, 7) is 4.08. The third kappa shape index (κ3) is 2.78. The van der Waals surface area contributed by atoms with E-state index in [1.54, 1.807) is 0 Å². The lowest BCUT2D eigenvalue weighted by atomic mass is 9.79. The Morgan fingerprint density at radius 1 is 0.900 bits per heavy atom. The first-order chi connectivity index (χ1) is 9.85. The lowest BCUT2D eigenvalue weighted by Gasteiger charge is -2.50. The van der Waals surface area contributed by atoms with E-state index >= 15 is 0 Å². The van der Waals surface area contributed by atoms with Crippen molar-refractivity contribution < 1.29 is 0 Å². The van der Waals surface area contributed by atoms with Crippen molar-refractivity contribution in [2.24, 2.45) is 11.8 Å². The van der Waals surface area contributed by atoms with Gasteiger partial charge in [-0.25, -0.2) is 0 Å². The molecule has 4 fully saturated rings. The minimum atomic E-state index is 0.502. The van der Waals surface area contributed by atoms with Gasteiger partial charge in [-0.1, -0.05) is 32.1 Å². The summed E-state index contributed by atoms with van der Waals surface area (Å²) >= 11 is 0. The summed E-state index contributed by atoms with van der Waals surface area (Å²) < 4.78 is 0. The van der Waals surface area contributed by atoms with Crippen LogP contribution < -0.4 is 5.32 Å². The molecule has 0 aromatic heterocycles. The third-order valence-electron chi connectivity index (χ3n) is 6.61. The fraction of sp³-hybridized carbons (Fsp3) is 1.00. The standard InChI is InChI=1S/C18H32N2/c1-4-10-18(11-5-1)14-20(13-15-6-2-3-7-15)17(12-19-18)16-8-9-16/h15-17,19H,1-14H2. The minimum Gasteiger partial charge on any atom is -0.308 e. The quantitative estimate of drug-likeness (QED) is 0.848. The van der Waals surface area contributed by atoms with Crippen LogP contribution in [0.4, 0.5) is 0 Å². The van der Waals surface area contributed by atoms with Crippen LogP contribution >= 0.6 is 0 Å². The van der Waals surface area contributed by atoms with Crippen molar-refractivity contribution in [1.29, 1.82) is 0 Å². The minimum absolute atomic E-state index is 0.502. The van der Waals surface area contributed by atoms with E-state index in [0.717, 1.165) is 17.9 Å². The van der Waals surface area contributed by atoms with Crippen LogP contribution in [0.2, 0.25) is 0 Å². The van der Waals surface area contributed by atoms with Crippen molar-refractivity contribution in [3.8, 4) is 0 Å². The highest BCUT2D eigenvalue weighted by Crippen LogP contribution is 2.41. The predicted octanol–water partition coefficient (Wildman–Crippen LogP) is 3.56. The lowest BCUT2D eigenvalue weighted by molar-refractivity contribution is 0.0360. The molecule has 0 bridgehead atoms. The van der Waals surface area contributed by atoms with E-state index in [1.807, 2.05) is 0 Å². The Balaban J connectivity index is 1.44. The summed E-state index contributed by atoms with van der Waals surface area (Å²) in [7, 11) is 0. The van der Waals surface area contributed by atoms with Crippen LogP contribution in [0.1, 0.15) is 70.6 Å². The van der Waals surface area contributed by atoms with E-state index in [-0.39, 0.29) is 0 Å². The van der Waals surface area contributed by atoms with E-state index in [9.17, 15) is 0 Å². The van der Waals surface area contributed by atoms with Gasteiger partial charge in [-0.3, -0.25) is 4.90 Å². The molecule has 4 aliphatic rings. The van der Waals surface area contributed by atoms with Crippen LogP contribution in [0.15, 0.2) is 0 Å². The Morgan fingerprint density at radius 3 is 2.35 bits per heavy atom. The van der Waals surface area contributed by atoms with Gasteiger partial charge in [0.05, 0.1) is 0 Å². The van der Waals surface area contributed by atoms with Gasteiger partial charge in [0.2, 0.25) is 0 Å². The predicted molar refractivity (Wildman–Crippen MR) is 83.9 cm³/mol. The fourth-order valence-electron chi connectivity index (χ4n) is 5.25. The number of piperazine rings is 1. The van der Waals surface area contributed by atoms with Crippen LogP contribution in [-0.2, 0) is 0 Å². The lowest BCUT2D eigenvalue weighted by Crippen LogP contribution is -2.65. The summed E-state index contributed by atoms with van der Waals surface area (Å²) in [5.41, 5.74) is 0.502. The van der Waals surface area contributed by atoms with E-state index in [0.29, 0.717) is 5.54 Å². The van der Waals surface area contributed by atoms with Crippen LogP contribution in [0.5, 0.6) is 0 Å². The Morgan fingerprint density at radius 2 is 1.65 bits per heavy atom. The van der Waals surface area contributed by atoms with E-state index < -0.39 is 0 Å². The van der Waals surface area contributed by atoms with Gasteiger partial charge in [-0.2, -0.15) is 0 Å². The number of hydrogen-bond acceptors (Lipinski definition) is 2. The molecule has 1 heterocycles. The van der Waals surface area contributed by atoms with Crippen LogP contribution in [0, 0.1) is 11.8 Å². The molecule has 1 unspecified atom stereocenters. The second-order valence-corrected chi connectivity index (χ2v) is 8.21. The van der Waals surface area contributed by atoms with Crippen molar-refractivity contribution in [3.05, 3.63) is 0 Å². The molecular weight excluding hydrogens is 244 g/mol. The van der Waals surface area contributed by atoms with Crippen molar-refractivity contribution in [3.63, 3.8) is 0 Å². The molecule has 114 valence electrons. The molecule has 2 heteroatoms. The molecule has 1 saturated heterocycles. The molecule has 0 aromatic rings. The van der Waals surface area contributed by atoms with E-state index in [1.165, 1.54) is 90.3 Å². The van der Waals surface area contributed by atoms with Gasteiger partial charge in [-0.05, 0) is 50.4 Å². The Labute approximate surface area is 124 Å². The second kappa shape index (κ2) is 5.61. The van der Waals surface area contributed by atoms with Gasteiger partial charge in [0.25, 0.3) is 0 Å². The Kier molecular flexibility index (Phi) is 3.80. The molecule has 1 spiro atoms. The highest BCUT2D eigenvalue weighted by Gasteiger charge is 2.45. The Bertz CT molecular complexity index is 324. The highest BCUT2D eigenvalue weighted by atomic mass is 15.3. The highest BCUT2D eigenvalue weighted by molar-refractivity contribution is 5.03. The molecule has 1 atom stereocenters. The van der Waals surface area contributed by atoms with Gasteiger partial charge in [0.1, 0.15) is 0 Å². The molecule has 3 aliphatic carbocycles. The molecule has 20 heavy (non-hydrogen) atoms. The first-order valence-corrected chi connectivity index (χ1v) is 9.34. The molecule has 4 rings (SSSR count). The Hall–Kier alpha value is -0.0800. The largest absolute Gasteiger partial charge is 0.308 e. The number of nitrogens with one attached hydrogen (secondary N) is 1. The molecule has 0 aromatic carbocycles. The SMILES string of the molecule is C1CCC2(CC1)CN(CC1CCCC1)C(C1CC1)CN2. The first kappa shape index (κ1) is 13.6. The van der Waals surface area contributed by atoms with Crippen molar-refractivity contribution in [1.82, 2.24) is 10.2 Å². The average Bonchev–Trinajstić information content (AvgIpc) is 3.17. The maximum absolute atomic E-state index is 4.02. The molecule has 1 N–H and O–H groups in total. The topological polar surface area (TPSA) is 15.3 Å². The van der Waals surface area contributed by atoms with Crippen molar-refractivity contribution in [2.75, 3.05) is 19.6 Å².